The zero-order valence-corrected chi connectivity index (χ0v) is 17.2. The summed E-state index contributed by atoms with van der Waals surface area (Å²) >= 11 is 17.9. The fourth-order valence-electron chi connectivity index (χ4n) is 2.50. The number of halogens is 4. The number of nitrogens with one attached hydrogen (secondary N) is 1. The second-order valence-electron chi connectivity index (χ2n) is 5.85. The first kappa shape index (κ1) is 21.1. The smallest absolute Gasteiger partial charge is 0.271 e. The molecule has 0 fully saturated rings. The van der Waals surface area contributed by atoms with Crippen molar-refractivity contribution in [3.05, 3.63) is 68.5 Å². The lowest BCUT2D eigenvalue weighted by Gasteiger charge is -2.12. The quantitative estimate of drug-likeness (QED) is 0.579. The minimum Gasteiger partial charge on any atom is -0.492 e. The van der Waals surface area contributed by atoms with Gasteiger partial charge in [-0.2, -0.15) is 0 Å². The molecule has 0 atom stereocenters. The highest BCUT2D eigenvalue weighted by Gasteiger charge is 2.22. The van der Waals surface area contributed by atoms with Gasteiger partial charge in [-0.15, -0.1) is 0 Å². The summed E-state index contributed by atoms with van der Waals surface area (Å²) in [5.74, 6) is -1.84. The van der Waals surface area contributed by atoms with Crippen molar-refractivity contribution >= 4 is 46.5 Å². The molecule has 2 aromatic carbocycles. The van der Waals surface area contributed by atoms with Gasteiger partial charge in [-0.05, 0) is 29.8 Å². The SMILES string of the molecule is COc1c(Cl)ccc(-c2nc(N)c(Cl)c(C(=O)NCc3ccc(Cl)cc3)n2)c1F. The molecule has 0 saturated carbocycles. The second kappa shape index (κ2) is 8.82. The lowest BCUT2D eigenvalue weighted by molar-refractivity contribution is 0.0946. The predicted octanol–water partition coefficient (Wildman–Crippen LogP) is 4.76. The van der Waals surface area contributed by atoms with Gasteiger partial charge in [-0.25, -0.2) is 14.4 Å². The first-order valence-electron chi connectivity index (χ1n) is 8.19. The number of nitrogens with two attached hydrogens (primary N) is 1. The Labute approximate surface area is 180 Å². The van der Waals surface area contributed by atoms with Gasteiger partial charge in [0.05, 0.1) is 17.7 Å². The van der Waals surface area contributed by atoms with E-state index in [1.165, 1.54) is 19.2 Å². The standard InChI is InChI=1S/C19H14Cl3FN4O2/c1-29-16-12(21)7-6-11(14(16)23)18-26-15(13(22)17(24)27-18)19(28)25-8-9-2-4-10(20)5-3-9/h2-7H,8H2,1H3,(H,25,28)(H2,24,26,27). The van der Waals surface area contributed by atoms with Crippen LogP contribution in [0.4, 0.5) is 10.2 Å². The summed E-state index contributed by atoms with van der Waals surface area (Å²) in [5, 5.41) is 3.20. The minimum absolute atomic E-state index is 0.0404. The Morgan fingerprint density at radius 2 is 1.83 bits per heavy atom. The third-order valence-electron chi connectivity index (χ3n) is 3.95. The Balaban J connectivity index is 1.93. The van der Waals surface area contributed by atoms with Crippen LogP contribution in [0.2, 0.25) is 15.1 Å². The van der Waals surface area contributed by atoms with Crippen LogP contribution in [0.3, 0.4) is 0 Å². The number of nitrogens with zero attached hydrogens (tertiary/aromatic N) is 2. The molecule has 1 aromatic heterocycles. The Hall–Kier alpha value is -2.61. The average molecular weight is 456 g/mol. The number of nitrogen functional groups attached to an aromatic ring is 1. The van der Waals surface area contributed by atoms with E-state index in [-0.39, 0.29) is 45.2 Å². The van der Waals surface area contributed by atoms with Crippen LogP contribution in [-0.4, -0.2) is 23.0 Å². The fourth-order valence-corrected chi connectivity index (χ4v) is 3.02. The number of benzene rings is 2. The molecule has 0 spiro atoms. The van der Waals surface area contributed by atoms with Crippen LogP contribution >= 0.6 is 34.8 Å². The molecule has 0 aliphatic carbocycles. The van der Waals surface area contributed by atoms with E-state index in [9.17, 15) is 9.18 Å². The van der Waals surface area contributed by atoms with E-state index in [0.717, 1.165) is 5.56 Å². The third-order valence-corrected chi connectivity index (χ3v) is 4.87. The highest BCUT2D eigenvalue weighted by molar-refractivity contribution is 6.35. The maximum Gasteiger partial charge on any atom is 0.271 e. The van der Waals surface area contributed by atoms with Crippen LogP contribution in [0.15, 0.2) is 36.4 Å². The maximum absolute atomic E-state index is 14.7. The third kappa shape index (κ3) is 4.53. The Morgan fingerprint density at radius 1 is 1.14 bits per heavy atom. The van der Waals surface area contributed by atoms with Gasteiger partial charge in [-0.3, -0.25) is 4.79 Å². The molecular weight excluding hydrogens is 442 g/mol. The van der Waals surface area contributed by atoms with Gasteiger partial charge in [0.1, 0.15) is 10.8 Å². The number of ether oxygens (including phenoxy) is 1. The van der Waals surface area contributed by atoms with Crippen molar-refractivity contribution in [1.82, 2.24) is 15.3 Å². The monoisotopic (exact) mass is 454 g/mol. The van der Waals surface area contributed by atoms with E-state index in [1.54, 1.807) is 24.3 Å². The number of rotatable bonds is 5. The molecule has 0 bridgehead atoms. The van der Waals surface area contributed by atoms with E-state index >= 15 is 0 Å². The van der Waals surface area contributed by atoms with E-state index in [2.05, 4.69) is 15.3 Å². The van der Waals surface area contributed by atoms with E-state index < -0.39 is 11.7 Å². The lowest BCUT2D eigenvalue weighted by atomic mass is 10.1. The van der Waals surface area contributed by atoms with Gasteiger partial charge in [-0.1, -0.05) is 46.9 Å². The molecule has 0 aliphatic rings. The molecule has 6 nitrogen and oxygen atoms in total. The van der Waals surface area contributed by atoms with Crippen molar-refractivity contribution < 1.29 is 13.9 Å². The number of methoxy groups -OCH3 is 1. The lowest BCUT2D eigenvalue weighted by Crippen LogP contribution is -2.25. The molecule has 10 heteroatoms. The van der Waals surface area contributed by atoms with Crippen LogP contribution in [-0.2, 0) is 6.54 Å². The summed E-state index contributed by atoms with van der Waals surface area (Å²) in [5.41, 5.74) is 6.40. The highest BCUT2D eigenvalue weighted by atomic mass is 35.5. The number of amides is 1. The van der Waals surface area contributed by atoms with E-state index in [4.69, 9.17) is 45.3 Å². The summed E-state index contributed by atoms with van der Waals surface area (Å²) in [6, 6.07) is 9.71. The van der Waals surface area contributed by atoms with Gasteiger partial charge in [0.2, 0.25) is 0 Å². The van der Waals surface area contributed by atoms with Crippen molar-refractivity contribution in [2.45, 2.75) is 6.54 Å². The molecule has 1 heterocycles. The average Bonchev–Trinajstić information content (AvgIpc) is 2.70. The van der Waals surface area contributed by atoms with Gasteiger partial charge in [0.15, 0.2) is 23.1 Å². The molecule has 150 valence electrons. The molecular formula is C19H14Cl3FN4O2. The molecule has 0 aliphatic heterocycles. The van der Waals surface area contributed by atoms with Crippen LogP contribution in [0.5, 0.6) is 5.75 Å². The first-order valence-corrected chi connectivity index (χ1v) is 9.33. The van der Waals surface area contributed by atoms with E-state index in [1.807, 2.05) is 0 Å². The van der Waals surface area contributed by atoms with Gasteiger partial charge >= 0.3 is 0 Å². The Bertz CT molecular complexity index is 1080. The zero-order chi connectivity index (χ0) is 21.1. The number of hydrogen-bond donors (Lipinski definition) is 2. The highest BCUT2D eigenvalue weighted by Crippen LogP contribution is 2.34. The largest absolute Gasteiger partial charge is 0.492 e. The summed E-state index contributed by atoms with van der Waals surface area (Å²) < 4.78 is 19.7. The fraction of sp³-hybridized carbons (Fsp3) is 0.105. The number of hydrogen-bond acceptors (Lipinski definition) is 5. The predicted molar refractivity (Wildman–Crippen MR) is 111 cm³/mol. The number of anilines is 1. The van der Waals surface area contributed by atoms with Crippen molar-refractivity contribution in [1.29, 1.82) is 0 Å². The van der Waals surface area contributed by atoms with Gasteiger partial charge < -0.3 is 15.8 Å². The first-order chi connectivity index (χ1) is 13.8. The summed E-state index contributed by atoms with van der Waals surface area (Å²) in [6.07, 6.45) is 0. The number of carbonyl (C=O) groups excluding carboxylic acids is 1. The Morgan fingerprint density at radius 3 is 2.48 bits per heavy atom. The number of aromatic nitrogens is 2. The van der Waals surface area contributed by atoms with E-state index in [0.29, 0.717) is 5.02 Å². The summed E-state index contributed by atoms with van der Waals surface area (Å²) in [7, 11) is 1.28. The van der Waals surface area contributed by atoms with Crippen molar-refractivity contribution in [3.8, 4) is 17.1 Å². The van der Waals surface area contributed by atoms with Crippen LogP contribution < -0.4 is 15.8 Å². The normalized spacial score (nSPS) is 10.7. The number of carbonyl (C=O) groups is 1. The van der Waals surface area contributed by atoms with Crippen LogP contribution in [0, 0.1) is 5.82 Å². The molecule has 3 aromatic rings. The summed E-state index contributed by atoms with van der Waals surface area (Å²) in [6.45, 7) is 0.203. The van der Waals surface area contributed by atoms with Crippen molar-refractivity contribution in [2.75, 3.05) is 12.8 Å². The van der Waals surface area contributed by atoms with Crippen LogP contribution in [0.25, 0.3) is 11.4 Å². The Kier molecular flexibility index (Phi) is 6.42. The molecule has 0 unspecified atom stereocenters. The maximum atomic E-state index is 14.7. The van der Waals surface area contributed by atoms with Crippen molar-refractivity contribution in [2.24, 2.45) is 0 Å². The zero-order valence-electron chi connectivity index (χ0n) is 15.0. The molecule has 1 amide bonds. The summed E-state index contributed by atoms with van der Waals surface area (Å²) in [4.78, 5) is 20.7. The van der Waals surface area contributed by atoms with Crippen molar-refractivity contribution in [3.63, 3.8) is 0 Å². The van der Waals surface area contributed by atoms with Gasteiger partial charge in [0, 0.05) is 11.6 Å². The topological polar surface area (TPSA) is 90.1 Å². The molecule has 3 N–H and O–H groups in total. The second-order valence-corrected chi connectivity index (χ2v) is 7.07. The minimum atomic E-state index is -0.783. The van der Waals surface area contributed by atoms with Gasteiger partial charge in [0.25, 0.3) is 5.91 Å². The molecule has 3 rings (SSSR count). The molecule has 0 radical (unpaired) electrons. The molecule has 29 heavy (non-hydrogen) atoms. The van der Waals surface area contributed by atoms with Crippen LogP contribution in [0.1, 0.15) is 16.1 Å². The molecule has 0 saturated heterocycles.